The molecular formula is C7H11NO. The lowest BCUT2D eigenvalue weighted by molar-refractivity contribution is 0.0365. The molecule has 0 saturated heterocycles. The van der Waals surface area contributed by atoms with Crippen molar-refractivity contribution in [3.63, 3.8) is 0 Å². The zero-order valence-electron chi connectivity index (χ0n) is 5.59. The van der Waals surface area contributed by atoms with Crippen molar-refractivity contribution < 1.29 is 5.11 Å². The Morgan fingerprint density at radius 2 is 2.56 bits per heavy atom. The summed E-state index contributed by atoms with van der Waals surface area (Å²) in [4.78, 5) is 0. The van der Waals surface area contributed by atoms with Gasteiger partial charge in [0.1, 0.15) is 0 Å². The van der Waals surface area contributed by atoms with Crippen LogP contribution in [-0.4, -0.2) is 11.7 Å². The van der Waals surface area contributed by atoms with E-state index in [4.69, 9.17) is 10.4 Å². The Bertz CT molecular complexity index is 145. The monoisotopic (exact) mass is 125 g/mol. The summed E-state index contributed by atoms with van der Waals surface area (Å²) in [5.74, 6) is 0.396. The van der Waals surface area contributed by atoms with Gasteiger partial charge in [-0.05, 0) is 18.8 Å². The average Bonchev–Trinajstić information content (AvgIpc) is 1.89. The topological polar surface area (TPSA) is 44.0 Å². The summed E-state index contributed by atoms with van der Waals surface area (Å²) < 4.78 is 0. The van der Waals surface area contributed by atoms with Gasteiger partial charge in [-0.1, -0.05) is 6.92 Å². The molecule has 1 aliphatic carbocycles. The van der Waals surface area contributed by atoms with Crippen molar-refractivity contribution in [3.8, 4) is 6.07 Å². The molecule has 0 aliphatic heterocycles. The first kappa shape index (κ1) is 6.57. The van der Waals surface area contributed by atoms with Gasteiger partial charge >= 0.3 is 0 Å². The van der Waals surface area contributed by atoms with E-state index in [1.807, 2.05) is 6.92 Å². The summed E-state index contributed by atoms with van der Waals surface area (Å²) in [6, 6.07) is 2.16. The van der Waals surface area contributed by atoms with Gasteiger partial charge < -0.3 is 5.11 Å². The largest absolute Gasteiger partial charge is 0.395 e. The number of aliphatic hydroxyl groups is 1. The molecule has 1 rings (SSSR count). The lowest BCUT2D eigenvalue weighted by Gasteiger charge is -2.40. The molecule has 0 heterocycles. The molecule has 0 aromatic carbocycles. The van der Waals surface area contributed by atoms with Gasteiger partial charge in [-0.25, -0.2) is 0 Å². The van der Waals surface area contributed by atoms with E-state index in [9.17, 15) is 0 Å². The van der Waals surface area contributed by atoms with Crippen LogP contribution in [0.3, 0.4) is 0 Å². The first-order valence-corrected chi connectivity index (χ1v) is 3.27. The van der Waals surface area contributed by atoms with Crippen molar-refractivity contribution >= 4 is 0 Å². The molecular weight excluding hydrogens is 114 g/mol. The second-order valence-electron chi connectivity index (χ2n) is 2.87. The van der Waals surface area contributed by atoms with Gasteiger partial charge in [-0.15, -0.1) is 0 Å². The Kier molecular flexibility index (Phi) is 1.46. The molecule has 0 aromatic heterocycles. The quantitative estimate of drug-likeness (QED) is 0.566. The van der Waals surface area contributed by atoms with Crippen molar-refractivity contribution in [2.24, 2.45) is 11.3 Å². The fraction of sp³-hybridized carbons (Fsp3) is 0.857. The van der Waals surface area contributed by atoms with Crippen LogP contribution in [0.5, 0.6) is 0 Å². The molecule has 2 unspecified atom stereocenters. The van der Waals surface area contributed by atoms with E-state index in [0.717, 1.165) is 12.8 Å². The second-order valence-corrected chi connectivity index (χ2v) is 2.87. The summed E-state index contributed by atoms with van der Waals surface area (Å²) in [5, 5.41) is 17.4. The molecule has 50 valence electrons. The highest BCUT2D eigenvalue weighted by Crippen LogP contribution is 2.45. The molecule has 2 atom stereocenters. The number of rotatable bonds is 1. The normalized spacial score (nSPS) is 41.2. The number of hydrogen-bond donors (Lipinski definition) is 1. The van der Waals surface area contributed by atoms with E-state index in [0.29, 0.717) is 5.92 Å². The summed E-state index contributed by atoms with van der Waals surface area (Å²) in [6.45, 7) is 2.05. The van der Waals surface area contributed by atoms with Crippen molar-refractivity contribution in [3.05, 3.63) is 0 Å². The molecule has 1 aliphatic rings. The highest BCUT2D eigenvalue weighted by Gasteiger charge is 2.43. The Balaban J connectivity index is 2.61. The van der Waals surface area contributed by atoms with Crippen LogP contribution in [0, 0.1) is 22.7 Å². The fourth-order valence-corrected chi connectivity index (χ4v) is 1.22. The Morgan fingerprint density at radius 1 is 1.89 bits per heavy atom. The summed E-state index contributed by atoms with van der Waals surface area (Å²) in [5.41, 5.74) is -0.375. The molecule has 1 saturated carbocycles. The molecule has 0 bridgehead atoms. The van der Waals surface area contributed by atoms with E-state index in [2.05, 4.69) is 6.07 Å². The third-order valence-electron chi connectivity index (χ3n) is 2.47. The van der Waals surface area contributed by atoms with Gasteiger partial charge in [0.2, 0.25) is 0 Å². The molecule has 2 heteroatoms. The molecule has 1 fully saturated rings. The molecule has 0 aromatic rings. The number of aliphatic hydroxyl groups excluding tert-OH is 1. The van der Waals surface area contributed by atoms with Crippen LogP contribution in [-0.2, 0) is 0 Å². The van der Waals surface area contributed by atoms with Gasteiger partial charge in [-0.3, -0.25) is 0 Å². The molecule has 1 N–H and O–H groups in total. The molecule has 0 amide bonds. The van der Waals surface area contributed by atoms with Crippen LogP contribution in [0.15, 0.2) is 0 Å². The predicted octanol–water partition coefficient (Wildman–Crippen LogP) is 0.919. The Hall–Kier alpha value is -0.550. The smallest absolute Gasteiger partial charge is 0.0829 e. The van der Waals surface area contributed by atoms with Crippen LogP contribution < -0.4 is 0 Å². The number of nitrogens with zero attached hydrogens (tertiary/aromatic N) is 1. The van der Waals surface area contributed by atoms with E-state index in [1.165, 1.54) is 0 Å². The lowest BCUT2D eigenvalue weighted by atomic mass is 9.62. The SMILES string of the molecule is CC1CCC1(C#N)CO. The van der Waals surface area contributed by atoms with E-state index >= 15 is 0 Å². The number of nitriles is 1. The minimum atomic E-state index is -0.375. The zero-order valence-corrected chi connectivity index (χ0v) is 5.59. The first-order valence-electron chi connectivity index (χ1n) is 3.27. The molecule has 9 heavy (non-hydrogen) atoms. The van der Waals surface area contributed by atoms with E-state index in [-0.39, 0.29) is 12.0 Å². The predicted molar refractivity (Wildman–Crippen MR) is 33.5 cm³/mol. The summed E-state index contributed by atoms with van der Waals surface area (Å²) >= 11 is 0. The van der Waals surface area contributed by atoms with Gasteiger partial charge in [0.25, 0.3) is 0 Å². The maximum Gasteiger partial charge on any atom is 0.0829 e. The maximum absolute atomic E-state index is 8.78. The van der Waals surface area contributed by atoms with E-state index in [1.54, 1.807) is 0 Å². The average molecular weight is 125 g/mol. The molecule has 0 radical (unpaired) electrons. The summed E-state index contributed by atoms with van der Waals surface area (Å²) in [7, 11) is 0. The standard InChI is InChI=1S/C7H11NO/c1-6-2-3-7(6,4-8)5-9/h6,9H,2-3,5H2,1H3. The third kappa shape index (κ3) is 0.727. The van der Waals surface area contributed by atoms with Crippen LogP contribution >= 0.6 is 0 Å². The van der Waals surface area contributed by atoms with Gasteiger partial charge in [0, 0.05) is 0 Å². The fourth-order valence-electron chi connectivity index (χ4n) is 1.22. The highest BCUT2D eigenvalue weighted by molar-refractivity contribution is 5.07. The van der Waals surface area contributed by atoms with E-state index < -0.39 is 0 Å². The Labute approximate surface area is 55.1 Å². The second kappa shape index (κ2) is 2.00. The summed E-state index contributed by atoms with van der Waals surface area (Å²) in [6.07, 6.45) is 1.97. The maximum atomic E-state index is 8.78. The molecule has 2 nitrogen and oxygen atoms in total. The minimum Gasteiger partial charge on any atom is -0.395 e. The van der Waals surface area contributed by atoms with Crippen molar-refractivity contribution in [2.75, 3.05) is 6.61 Å². The minimum absolute atomic E-state index is 0.0324. The van der Waals surface area contributed by atoms with Crippen LogP contribution in [0.4, 0.5) is 0 Å². The molecule has 0 spiro atoms. The number of hydrogen-bond acceptors (Lipinski definition) is 2. The van der Waals surface area contributed by atoms with Crippen LogP contribution in [0.2, 0.25) is 0 Å². The zero-order chi connectivity index (χ0) is 6.91. The van der Waals surface area contributed by atoms with Crippen molar-refractivity contribution in [1.29, 1.82) is 5.26 Å². The van der Waals surface area contributed by atoms with Crippen molar-refractivity contribution in [1.82, 2.24) is 0 Å². The lowest BCUT2D eigenvalue weighted by Crippen LogP contribution is -2.40. The van der Waals surface area contributed by atoms with Gasteiger partial charge in [0.15, 0.2) is 0 Å². The highest BCUT2D eigenvalue weighted by atomic mass is 16.3. The van der Waals surface area contributed by atoms with Crippen LogP contribution in [0.25, 0.3) is 0 Å². The van der Waals surface area contributed by atoms with Crippen LogP contribution in [0.1, 0.15) is 19.8 Å². The Morgan fingerprint density at radius 3 is 2.56 bits per heavy atom. The first-order chi connectivity index (χ1) is 4.25. The van der Waals surface area contributed by atoms with Gasteiger partial charge in [-0.2, -0.15) is 5.26 Å². The van der Waals surface area contributed by atoms with Crippen molar-refractivity contribution in [2.45, 2.75) is 19.8 Å². The third-order valence-corrected chi connectivity index (χ3v) is 2.47. The van der Waals surface area contributed by atoms with Gasteiger partial charge in [0.05, 0.1) is 18.1 Å².